The molecule has 0 fully saturated rings. The van der Waals surface area contributed by atoms with Crippen molar-refractivity contribution < 1.29 is 4.79 Å². The second-order valence-corrected chi connectivity index (χ2v) is 5.43. The lowest BCUT2D eigenvalue weighted by atomic mass is 10.1. The Morgan fingerprint density at radius 1 is 1.15 bits per heavy atom. The molecule has 0 saturated heterocycles. The Kier molecular flexibility index (Phi) is 3.28. The second kappa shape index (κ2) is 5.09. The molecular weight excluding hydrogens is 318 g/mol. The number of aromatic amines is 1. The zero-order chi connectivity index (χ0) is 14.1. The van der Waals surface area contributed by atoms with Gasteiger partial charge in [-0.2, -0.15) is 5.10 Å². The summed E-state index contributed by atoms with van der Waals surface area (Å²) in [7, 11) is 1.75. The summed E-state index contributed by atoms with van der Waals surface area (Å²) in [6.07, 6.45) is 1.57. The van der Waals surface area contributed by atoms with Crippen molar-refractivity contribution in [1.82, 2.24) is 10.2 Å². The molecule has 0 bridgehead atoms. The Balaban J connectivity index is 1.97. The number of fused-ring (bicyclic) bond motifs is 1. The van der Waals surface area contributed by atoms with Crippen molar-refractivity contribution in [3.8, 4) is 0 Å². The maximum Gasteiger partial charge on any atom is 0.276 e. The van der Waals surface area contributed by atoms with Crippen molar-refractivity contribution in [2.24, 2.45) is 0 Å². The second-order valence-electron chi connectivity index (χ2n) is 4.51. The molecule has 0 aliphatic rings. The first-order chi connectivity index (χ1) is 9.65. The maximum absolute atomic E-state index is 12.2. The molecule has 0 spiro atoms. The smallest absolute Gasteiger partial charge is 0.276 e. The number of carbonyl (C=O) groups is 1. The Bertz CT molecular complexity index is 768. The zero-order valence-electron chi connectivity index (χ0n) is 10.8. The normalized spacial score (nSPS) is 10.7. The molecule has 1 N–H and O–H groups in total. The standard InChI is InChI=1S/C15H12BrN3O/c1-19(15(20)14-6-7-17-18-14)13-5-3-10-8-12(16)4-2-11(10)9-13/h2-9H,1H3,(H,17,18). The van der Waals surface area contributed by atoms with Gasteiger partial charge in [0.2, 0.25) is 0 Å². The number of H-pyrrole nitrogens is 1. The van der Waals surface area contributed by atoms with E-state index >= 15 is 0 Å². The molecule has 2 aromatic carbocycles. The van der Waals surface area contributed by atoms with Crippen molar-refractivity contribution in [2.75, 3.05) is 11.9 Å². The number of benzene rings is 2. The molecule has 1 amide bonds. The number of nitrogens with one attached hydrogen (secondary N) is 1. The lowest BCUT2D eigenvalue weighted by Crippen LogP contribution is -2.26. The average molecular weight is 330 g/mol. The minimum absolute atomic E-state index is 0.112. The fourth-order valence-corrected chi connectivity index (χ4v) is 2.46. The topological polar surface area (TPSA) is 49.0 Å². The number of amides is 1. The van der Waals surface area contributed by atoms with Crippen molar-refractivity contribution in [1.29, 1.82) is 0 Å². The van der Waals surface area contributed by atoms with Crippen molar-refractivity contribution >= 4 is 38.3 Å². The molecule has 3 rings (SSSR count). The first-order valence-corrected chi connectivity index (χ1v) is 6.91. The molecule has 0 aliphatic heterocycles. The molecule has 1 aromatic heterocycles. The third-order valence-corrected chi connectivity index (χ3v) is 3.70. The van der Waals surface area contributed by atoms with Gasteiger partial charge in [-0.3, -0.25) is 9.89 Å². The average Bonchev–Trinajstić information content (AvgIpc) is 2.99. The van der Waals surface area contributed by atoms with Crippen molar-refractivity contribution in [3.63, 3.8) is 0 Å². The van der Waals surface area contributed by atoms with E-state index in [1.807, 2.05) is 30.3 Å². The van der Waals surface area contributed by atoms with Crippen LogP contribution in [0.25, 0.3) is 10.8 Å². The highest BCUT2D eigenvalue weighted by atomic mass is 79.9. The van der Waals surface area contributed by atoms with E-state index in [2.05, 4.69) is 32.2 Å². The first kappa shape index (κ1) is 12.9. The highest BCUT2D eigenvalue weighted by Gasteiger charge is 2.14. The van der Waals surface area contributed by atoms with E-state index in [9.17, 15) is 4.79 Å². The van der Waals surface area contributed by atoms with Crippen LogP contribution in [-0.2, 0) is 0 Å². The Morgan fingerprint density at radius 3 is 2.65 bits per heavy atom. The molecular formula is C15H12BrN3O. The predicted octanol–water partition coefficient (Wildman–Crippen LogP) is 3.60. The van der Waals surface area contributed by atoms with Crippen LogP contribution in [0.4, 0.5) is 5.69 Å². The number of rotatable bonds is 2. The fraction of sp³-hybridized carbons (Fsp3) is 0.0667. The fourth-order valence-electron chi connectivity index (χ4n) is 2.09. The van der Waals surface area contributed by atoms with Gasteiger partial charge < -0.3 is 4.90 Å². The molecule has 0 radical (unpaired) electrons. The molecule has 1 heterocycles. The van der Waals surface area contributed by atoms with E-state index in [1.165, 1.54) is 0 Å². The van der Waals surface area contributed by atoms with Gasteiger partial charge in [-0.05, 0) is 41.1 Å². The van der Waals surface area contributed by atoms with Gasteiger partial charge in [0.15, 0.2) is 0 Å². The molecule has 3 aromatic rings. The van der Waals surface area contributed by atoms with E-state index in [4.69, 9.17) is 0 Å². The number of aromatic nitrogens is 2. The number of hydrogen-bond donors (Lipinski definition) is 1. The summed E-state index contributed by atoms with van der Waals surface area (Å²) in [5, 5.41) is 8.71. The van der Waals surface area contributed by atoms with Gasteiger partial charge in [0.25, 0.3) is 5.91 Å². The third-order valence-electron chi connectivity index (χ3n) is 3.21. The van der Waals surface area contributed by atoms with E-state index in [0.29, 0.717) is 5.69 Å². The van der Waals surface area contributed by atoms with Gasteiger partial charge in [0.05, 0.1) is 0 Å². The number of nitrogens with zero attached hydrogens (tertiary/aromatic N) is 2. The van der Waals surface area contributed by atoms with Crippen LogP contribution in [0.1, 0.15) is 10.5 Å². The van der Waals surface area contributed by atoms with Gasteiger partial charge in [-0.1, -0.05) is 28.1 Å². The van der Waals surface area contributed by atoms with Gasteiger partial charge in [0.1, 0.15) is 5.69 Å². The summed E-state index contributed by atoms with van der Waals surface area (Å²) >= 11 is 3.45. The monoisotopic (exact) mass is 329 g/mol. The lowest BCUT2D eigenvalue weighted by Gasteiger charge is -2.17. The summed E-state index contributed by atoms with van der Waals surface area (Å²) in [5.41, 5.74) is 1.32. The summed E-state index contributed by atoms with van der Waals surface area (Å²) in [6.45, 7) is 0. The highest BCUT2D eigenvalue weighted by molar-refractivity contribution is 9.10. The molecule has 0 atom stereocenters. The number of halogens is 1. The van der Waals surface area contributed by atoms with E-state index < -0.39 is 0 Å². The van der Waals surface area contributed by atoms with Crippen LogP contribution in [0.15, 0.2) is 53.1 Å². The predicted molar refractivity (Wildman–Crippen MR) is 83.0 cm³/mol. The minimum Gasteiger partial charge on any atom is -0.310 e. The highest BCUT2D eigenvalue weighted by Crippen LogP contribution is 2.25. The Morgan fingerprint density at radius 2 is 1.90 bits per heavy atom. The summed E-state index contributed by atoms with van der Waals surface area (Å²) in [4.78, 5) is 13.8. The number of anilines is 1. The Labute approximate surface area is 124 Å². The zero-order valence-corrected chi connectivity index (χ0v) is 12.4. The lowest BCUT2D eigenvalue weighted by molar-refractivity contribution is 0.0988. The van der Waals surface area contributed by atoms with Crippen LogP contribution in [0.3, 0.4) is 0 Å². The molecule has 0 saturated carbocycles. The SMILES string of the molecule is CN(C(=O)c1ccn[nH]1)c1ccc2cc(Br)ccc2c1. The van der Waals surface area contributed by atoms with Crippen LogP contribution < -0.4 is 4.90 Å². The quantitative estimate of drug-likeness (QED) is 0.780. The minimum atomic E-state index is -0.112. The summed E-state index contributed by atoms with van der Waals surface area (Å²) in [6, 6.07) is 13.7. The van der Waals surface area contributed by atoms with Crippen LogP contribution >= 0.6 is 15.9 Å². The van der Waals surface area contributed by atoms with Crippen LogP contribution in [-0.4, -0.2) is 23.2 Å². The van der Waals surface area contributed by atoms with E-state index in [-0.39, 0.29) is 5.91 Å². The van der Waals surface area contributed by atoms with E-state index in [1.54, 1.807) is 24.2 Å². The molecule has 5 heteroatoms. The molecule has 0 unspecified atom stereocenters. The summed E-state index contributed by atoms with van der Waals surface area (Å²) < 4.78 is 1.04. The Hall–Kier alpha value is -2.14. The maximum atomic E-state index is 12.2. The molecule has 100 valence electrons. The van der Waals surface area contributed by atoms with Gasteiger partial charge >= 0.3 is 0 Å². The number of carbonyl (C=O) groups excluding carboxylic acids is 1. The van der Waals surface area contributed by atoms with Gasteiger partial charge in [-0.15, -0.1) is 0 Å². The van der Waals surface area contributed by atoms with Gasteiger partial charge in [-0.25, -0.2) is 0 Å². The van der Waals surface area contributed by atoms with Crippen molar-refractivity contribution in [2.45, 2.75) is 0 Å². The van der Waals surface area contributed by atoms with Crippen LogP contribution in [0, 0.1) is 0 Å². The van der Waals surface area contributed by atoms with E-state index in [0.717, 1.165) is 20.9 Å². The largest absolute Gasteiger partial charge is 0.310 e. The first-order valence-electron chi connectivity index (χ1n) is 6.12. The summed E-state index contributed by atoms with van der Waals surface area (Å²) in [5.74, 6) is -0.112. The van der Waals surface area contributed by atoms with Gasteiger partial charge in [0, 0.05) is 23.4 Å². The van der Waals surface area contributed by atoms with Crippen LogP contribution in [0.5, 0.6) is 0 Å². The number of hydrogen-bond acceptors (Lipinski definition) is 2. The molecule has 20 heavy (non-hydrogen) atoms. The van der Waals surface area contributed by atoms with Crippen LogP contribution in [0.2, 0.25) is 0 Å². The molecule has 4 nitrogen and oxygen atoms in total. The third kappa shape index (κ3) is 2.32. The molecule has 0 aliphatic carbocycles. The van der Waals surface area contributed by atoms with Crippen molar-refractivity contribution in [3.05, 3.63) is 58.8 Å².